The quantitative estimate of drug-likeness (QED) is 0.380. The maximum Gasteiger partial charge on any atom is 0.316 e. The van der Waals surface area contributed by atoms with Gasteiger partial charge in [-0.2, -0.15) is 4.98 Å². The van der Waals surface area contributed by atoms with Crippen molar-refractivity contribution in [1.82, 2.24) is 29.3 Å². The van der Waals surface area contributed by atoms with Crippen LogP contribution in [0.1, 0.15) is 19.3 Å². The second-order valence-electron chi connectivity index (χ2n) is 9.68. The van der Waals surface area contributed by atoms with Gasteiger partial charge in [-0.15, -0.1) is 0 Å². The van der Waals surface area contributed by atoms with Gasteiger partial charge >= 0.3 is 11.1 Å². The first-order chi connectivity index (χ1) is 18.5. The van der Waals surface area contributed by atoms with Gasteiger partial charge in [0.1, 0.15) is 5.02 Å². The van der Waals surface area contributed by atoms with Crippen molar-refractivity contribution < 1.29 is 13.6 Å². The number of alkyl halides is 2. The van der Waals surface area contributed by atoms with Gasteiger partial charge < -0.3 is 29.6 Å². The number of fused-ring (bicyclic) bond motifs is 1. The number of amides is 1. The van der Waals surface area contributed by atoms with E-state index in [1.54, 1.807) is 23.1 Å². The summed E-state index contributed by atoms with van der Waals surface area (Å²) in [5.74, 6) is -2.43. The Morgan fingerprint density at radius 1 is 1.10 bits per heavy atom. The third kappa shape index (κ3) is 6.53. The summed E-state index contributed by atoms with van der Waals surface area (Å²) in [5.41, 5.74) is 0.109. The van der Waals surface area contributed by atoms with E-state index in [0.29, 0.717) is 29.8 Å². The molecule has 14 heteroatoms. The normalized spacial score (nSPS) is 15.1. The van der Waals surface area contributed by atoms with E-state index in [4.69, 9.17) is 11.6 Å². The van der Waals surface area contributed by atoms with E-state index in [1.165, 1.54) is 22.4 Å². The highest BCUT2D eigenvalue weighted by Gasteiger charge is 2.35. The SMILES string of the molecule is CNC(=O)CCn1c(=O)c(=O)n(CCN(C)C)c2ccc(Nc3nc(N4CCC(F)(F)CC4)ncc3Cl)cc21. The number of anilines is 3. The molecule has 1 aromatic carbocycles. The van der Waals surface area contributed by atoms with E-state index in [9.17, 15) is 23.2 Å². The molecule has 2 N–H and O–H groups in total. The Bertz CT molecular complexity index is 1480. The van der Waals surface area contributed by atoms with Gasteiger partial charge in [-0.3, -0.25) is 14.4 Å². The lowest BCUT2D eigenvalue weighted by Gasteiger charge is -2.31. The largest absolute Gasteiger partial charge is 0.359 e. The Labute approximate surface area is 228 Å². The number of carbonyl (C=O) groups is 1. The lowest BCUT2D eigenvalue weighted by atomic mass is 10.1. The number of nitrogens with one attached hydrogen (secondary N) is 2. The highest BCUT2D eigenvalue weighted by Crippen LogP contribution is 2.31. The predicted octanol–water partition coefficient (Wildman–Crippen LogP) is 2.28. The van der Waals surface area contributed by atoms with E-state index >= 15 is 0 Å². The number of piperidine rings is 1. The topological polar surface area (TPSA) is 117 Å². The highest BCUT2D eigenvalue weighted by molar-refractivity contribution is 6.32. The van der Waals surface area contributed by atoms with Crippen molar-refractivity contribution in [3.8, 4) is 0 Å². The first-order valence-corrected chi connectivity index (χ1v) is 12.9. The summed E-state index contributed by atoms with van der Waals surface area (Å²) in [5, 5.41) is 5.85. The van der Waals surface area contributed by atoms with Crippen LogP contribution < -0.4 is 26.7 Å². The van der Waals surface area contributed by atoms with Gasteiger partial charge in [0.05, 0.1) is 17.2 Å². The van der Waals surface area contributed by atoms with Gasteiger partial charge in [0.15, 0.2) is 5.82 Å². The highest BCUT2D eigenvalue weighted by atomic mass is 35.5. The number of hydrogen-bond donors (Lipinski definition) is 2. The molecule has 2 aromatic heterocycles. The number of hydrogen-bond acceptors (Lipinski definition) is 8. The van der Waals surface area contributed by atoms with Crippen molar-refractivity contribution in [3.63, 3.8) is 0 Å². The summed E-state index contributed by atoms with van der Waals surface area (Å²) in [4.78, 5) is 50.2. The molecule has 0 atom stereocenters. The number of likely N-dealkylation sites (N-methyl/N-ethyl adjacent to an activating group) is 1. The molecule has 3 aromatic rings. The standard InChI is InChI=1S/C25H31ClF2N8O3/c1-29-20(37)6-9-35-19-14-16(4-5-18(19)36(13-12-33(2)3)23(39)22(35)38)31-21-17(26)15-30-24(32-21)34-10-7-25(27,28)8-11-34/h4-5,14-15H,6-13H2,1-3H3,(H,29,37)(H,30,31,32). The van der Waals surface area contributed by atoms with E-state index in [0.717, 1.165) is 0 Å². The lowest BCUT2D eigenvalue weighted by Crippen LogP contribution is -2.43. The Morgan fingerprint density at radius 3 is 2.41 bits per heavy atom. The lowest BCUT2D eigenvalue weighted by molar-refractivity contribution is -0.120. The minimum Gasteiger partial charge on any atom is -0.359 e. The molecule has 0 aliphatic carbocycles. The van der Waals surface area contributed by atoms with Crippen LogP contribution >= 0.6 is 11.6 Å². The first-order valence-electron chi connectivity index (χ1n) is 12.5. The summed E-state index contributed by atoms with van der Waals surface area (Å²) < 4.78 is 29.9. The van der Waals surface area contributed by atoms with Crippen molar-refractivity contribution in [3.05, 3.63) is 50.1 Å². The fraction of sp³-hybridized carbons (Fsp3) is 0.480. The fourth-order valence-electron chi connectivity index (χ4n) is 4.35. The number of aromatic nitrogens is 4. The first kappa shape index (κ1) is 28.4. The van der Waals surface area contributed by atoms with Crippen molar-refractivity contribution >= 4 is 46.0 Å². The molecule has 1 aliphatic heterocycles. The maximum atomic E-state index is 13.6. The van der Waals surface area contributed by atoms with Crippen LogP contribution in [0, 0.1) is 0 Å². The Balaban J connectivity index is 1.72. The van der Waals surface area contributed by atoms with Crippen LogP contribution in [-0.4, -0.2) is 76.6 Å². The molecule has 0 spiro atoms. The second-order valence-corrected chi connectivity index (χ2v) is 10.1. The summed E-state index contributed by atoms with van der Waals surface area (Å²) >= 11 is 6.35. The summed E-state index contributed by atoms with van der Waals surface area (Å²) in [6.45, 7) is 1.09. The van der Waals surface area contributed by atoms with Gasteiger partial charge in [0.25, 0.3) is 5.92 Å². The Morgan fingerprint density at radius 2 is 1.77 bits per heavy atom. The summed E-state index contributed by atoms with van der Waals surface area (Å²) in [6, 6.07) is 5.13. The van der Waals surface area contributed by atoms with Crippen LogP contribution in [0.15, 0.2) is 34.0 Å². The Kier molecular flexibility index (Phi) is 8.50. The number of halogens is 3. The zero-order valence-corrected chi connectivity index (χ0v) is 22.8. The van der Waals surface area contributed by atoms with E-state index in [-0.39, 0.29) is 61.6 Å². The molecule has 39 heavy (non-hydrogen) atoms. The monoisotopic (exact) mass is 564 g/mol. The number of nitrogens with zero attached hydrogens (tertiary/aromatic N) is 6. The van der Waals surface area contributed by atoms with Crippen LogP contribution in [0.25, 0.3) is 11.0 Å². The molecule has 3 heterocycles. The minimum absolute atomic E-state index is 0.0141. The molecule has 0 unspecified atom stereocenters. The molecule has 210 valence electrons. The van der Waals surface area contributed by atoms with E-state index < -0.39 is 17.0 Å². The van der Waals surface area contributed by atoms with E-state index in [1.807, 2.05) is 19.0 Å². The van der Waals surface area contributed by atoms with Gasteiger partial charge in [-0.05, 0) is 32.3 Å². The van der Waals surface area contributed by atoms with Crippen LogP contribution in [0.2, 0.25) is 5.02 Å². The molecule has 11 nitrogen and oxygen atoms in total. The fourth-order valence-corrected chi connectivity index (χ4v) is 4.48. The minimum atomic E-state index is -2.70. The number of rotatable bonds is 9. The molecule has 1 saturated heterocycles. The van der Waals surface area contributed by atoms with E-state index in [2.05, 4.69) is 20.6 Å². The van der Waals surface area contributed by atoms with Crippen molar-refractivity contribution in [1.29, 1.82) is 0 Å². The molecular weight excluding hydrogens is 534 g/mol. The Hall–Kier alpha value is -3.58. The maximum absolute atomic E-state index is 13.6. The summed E-state index contributed by atoms with van der Waals surface area (Å²) in [6.07, 6.45) is 0.851. The van der Waals surface area contributed by atoms with Crippen LogP contribution in [0.5, 0.6) is 0 Å². The number of aryl methyl sites for hydroxylation is 1. The molecule has 0 bridgehead atoms. The third-order valence-corrected chi connectivity index (χ3v) is 6.89. The number of benzene rings is 1. The molecule has 4 rings (SSSR count). The molecule has 0 saturated carbocycles. The van der Waals surface area contributed by atoms with Crippen molar-refractivity contribution in [2.45, 2.75) is 38.3 Å². The van der Waals surface area contributed by atoms with Crippen LogP contribution in [0.4, 0.5) is 26.2 Å². The second kappa shape index (κ2) is 11.7. The third-order valence-electron chi connectivity index (χ3n) is 6.61. The molecular formula is C25H31ClF2N8O3. The molecule has 1 fully saturated rings. The van der Waals surface area contributed by atoms with Crippen molar-refractivity contribution in [2.75, 3.05) is 51.0 Å². The average molecular weight is 565 g/mol. The van der Waals surface area contributed by atoms with Gasteiger partial charge in [-0.25, -0.2) is 13.8 Å². The average Bonchev–Trinajstić information content (AvgIpc) is 2.90. The summed E-state index contributed by atoms with van der Waals surface area (Å²) in [7, 11) is 5.24. The molecule has 1 aliphatic rings. The smallest absolute Gasteiger partial charge is 0.316 e. The van der Waals surface area contributed by atoms with Gasteiger partial charge in [0, 0.05) is 64.7 Å². The van der Waals surface area contributed by atoms with Crippen LogP contribution in [-0.2, 0) is 17.9 Å². The van der Waals surface area contributed by atoms with Gasteiger partial charge in [0.2, 0.25) is 11.9 Å². The predicted molar refractivity (Wildman–Crippen MR) is 146 cm³/mol. The van der Waals surface area contributed by atoms with Gasteiger partial charge in [-0.1, -0.05) is 11.6 Å². The zero-order valence-electron chi connectivity index (χ0n) is 22.0. The van der Waals surface area contributed by atoms with Crippen LogP contribution in [0.3, 0.4) is 0 Å². The number of carbonyl (C=O) groups excluding carboxylic acids is 1. The molecule has 0 radical (unpaired) electrons. The zero-order chi connectivity index (χ0) is 28.3. The van der Waals surface area contributed by atoms with Crippen molar-refractivity contribution in [2.24, 2.45) is 0 Å². The molecule has 1 amide bonds.